The first-order chi connectivity index (χ1) is 6.86. The maximum absolute atomic E-state index is 10.7. The predicted molar refractivity (Wildman–Crippen MR) is 60.3 cm³/mol. The Bertz CT molecular complexity index is 361. The highest BCUT2D eigenvalue weighted by Crippen LogP contribution is 2.38. The number of aliphatic hydroxyl groups is 1. The van der Waals surface area contributed by atoms with Gasteiger partial charge >= 0.3 is 5.97 Å². The molecular formula is C10H13ClO3S. The summed E-state index contributed by atoms with van der Waals surface area (Å²) in [5.41, 5.74) is -1.33. The first kappa shape index (κ1) is 12.5. The van der Waals surface area contributed by atoms with E-state index in [0.717, 1.165) is 0 Å². The van der Waals surface area contributed by atoms with Gasteiger partial charge in [0.25, 0.3) is 0 Å². The molecule has 5 heteroatoms. The third kappa shape index (κ3) is 2.71. The molecule has 84 valence electrons. The summed E-state index contributed by atoms with van der Waals surface area (Å²) in [5, 5.41) is 19.1. The zero-order valence-electron chi connectivity index (χ0n) is 8.53. The lowest BCUT2D eigenvalue weighted by atomic mass is 9.86. The Morgan fingerprint density at radius 1 is 1.60 bits per heavy atom. The molecule has 0 aliphatic heterocycles. The van der Waals surface area contributed by atoms with Crippen molar-refractivity contribution in [3.05, 3.63) is 21.3 Å². The first-order valence-corrected chi connectivity index (χ1v) is 5.75. The molecular weight excluding hydrogens is 236 g/mol. The predicted octanol–water partition coefficient (Wildman–Crippen LogP) is 2.72. The van der Waals surface area contributed by atoms with Gasteiger partial charge in [-0.05, 0) is 18.1 Å². The van der Waals surface area contributed by atoms with Crippen LogP contribution in [0.15, 0.2) is 12.1 Å². The molecule has 0 spiro atoms. The van der Waals surface area contributed by atoms with E-state index in [2.05, 4.69) is 0 Å². The van der Waals surface area contributed by atoms with Gasteiger partial charge in [0.05, 0.1) is 10.8 Å². The van der Waals surface area contributed by atoms with E-state index in [1.807, 2.05) is 0 Å². The minimum absolute atomic E-state index is 0.177. The van der Waals surface area contributed by atoms with E-state index in [1.54, 1.807) is 26.0 Å². The number of hydrogen-bond acceptors (Lipinski definition) is 3. The van der Waals surface area contributed by atoms with Crippen molar-refractivity contribution in [2.24, 2.45) is 5.92 Å². The molecule has 0 radical (unpaired) electrons. The SMILES string of the molecule is CC(C)C(O)(CC(=O)O)c1ccc(Cl)s1. The normalized spacial score (nSPS) is 15.3. The highest BCUT2D eigenvalue weighted by atomic mass is 35.5. The van der Waals surface area contributed by atoms with E-state index in [0.29, 0.717) is 9.21 Å². The van der Waals surface area contributed by atoms with Gasteiger partial charge in [-0.3, -0.25) is 4.79 Å². The van der Waals surface area contributed by atoms with Gasteiger partial charge in [0, 0.05) is 4.88 Å². The second-order valence-corrected chi connectivity index (χ2v) is 5.47. The Morgan fingerprint density at radius 3 is 2.53 bits per heavy atom. The molecule has 0 aromatic carbocycles. The smallest absolute Gasteiger partial charge is 0.306 e. The Balaban J connectivity index is 3.06. The number of halogens is 1. The van der Waals surface area contributed by atoms with Crippen LogP contribution in [-0.2, 0) is 10.4 Å². The Kier molecular flexibility index (Phi) is 3.76. The molecule has 1 heterocycles. The van der Waals surface area contributed by atoms with E-state index >= 15 is 0 Å². The molecule has 1 atom stereocenters. The molecule has 1 aromatic heterocycles. The second-order valence-electron chi connectivity index (χ2n) is 3.75. The van der Waals surface area contributed by atoms with Crippen molar-refractivity contribution in [3.63, 3.8) is 0 Å². The van der Waals surface area contributed by atoms with Crippen LogP contribution in [0.1, 0.15) is 25.1 Å². The maximum Gasteiger partial charge on any atom is 0.306 e. The summed E-state index contributed by atoms with van der Waals surface area (Å²) in [6, 6.07) is 3.34. The fourth-order valence-electron chi connectivity index (χ4n) is 1.35. The number of thiophene rings is 1. The fraction of sp³-hybridized carbons (Fsp3) is 0.500. The third-order valence-corrected chi connectivity index (χ3v) is 3.77. The summed E-state index contributed by atoms with van der Waals surface area (Å²) < 4.78 is 0.550. The summed E-state index contributed by atoms with van der Waals surface area (Å²) >= 11 is 6.98. The van der Waals surface area contributed by atoms with Crippen LogP contribution in [0.2, 0.25) is 4.34 Å². The Labute approximate surface area is 97.3 Å². The van der Waals surface area contributed by atoms with E-state index in [9.17, 15) is 9.90 Å². The van der Waals surface area contributed by atoms with Gasteiger partial charge in [-0.25, -0.2) is 0 Å². The van der Waals surface area contributed by atoms with Gasteiger partial charge in [0.1, 0.15) is 5.60 Å². The molecule has 0 saturated heterocycles. The summed E-state index contributed by atoms with van der Waals surface area (Å²) in [5.74, 6) is -1.20. The van der Waals surface area contributed by atoms with E-state index in [4.69, 9.17) is 16.7 Å². The van der Waals surface area contributed by atoms with E-state index in [1.165, 1.54) is 11.3 Å². The molecule has 0 aliphatic carbocycles. The van der Waals surface area contributed by atoms with Gasteiger partial charge in [0.2, 0.25) is 0 Å². The number of hydrogen-bond donors (Lipinski definition) is 2. The van der Waals surface area contributed by atoms with Crippen molar-refractivity contribution in [1.29, 1.82) is 0 Å². The van der Waals surface area contributed by atoms with Crippen molar-refractivity contribution >= 4 is 28.9 Å². The third-order valence-electron chi connectivity index (χ3n) is 2.38. The van der Waals surface area contributed by atoms with Crippen molar-refractivity contribution in [1.82, 2.24) is 0 Å². The van der Waals surface area contributed by atoms with Crippen LogP contribution in [0.3, 0.4) is 0 Å². The number of carboxylic acid groups (broad SMARTS) is 1. The largest absolute Gasteiger partial charge is 0.481 e. The summed E-state index contributed by atoms with van der Waals surface area (Å²) in [6.45, 7) is 3.58. The van der Waals surface area contributed by atoms with Crippen molar-refractivity contribution in [2.75, 3.05) is 0 Å². The standard InChI is InChI=1S/C10H13ClO3S/c1-6(2)10(14,5-9(12)13)7-3-4-8(11)15-7/h3-4,6,14H,5H2,1-2H3,(H,12,13). The van der Waals surface area contributed by atoms with Gasteiger partial charge in [-0.15, -0.1) is 11.3 Å². The zero-order chi connectivity index (χ0) is 11.6. The zero-order valence-corrected chi connectivity index (χ0v) is 10.1. The van der Waals surface area contributed by atoms with E-state index in [-0.39, 0.29) is 12.3 Å². The van der Waals surface area contributed by atoms with Crippen LogP contribution < -0.4 is 0 Å². The molecule has 1 aromatic rings. The fourth-order valence-corrected chi connectivity index (χ4v) is 2.63. The molecule has 1 unspecified atom stereocenters. The molecule has 15 heavy (non-hydrogen) atoms. The lowest BCUT2D eigenvalue weighted by Gasteiger charge is -2.29. The molecule has 2 N–H and O–H groups in total. The Hall–Kier alpha value is -0.580. The lowest BCUT2D eigenvalue weighted by molar-refractivity contribution is -0.145. The maximum atomic E-state index is 10.7. The van der Waals surface area contributed by atoms with E-state index < -0.39 is 11.6 Å². The average molecular weight is 249 g/mol. The van der Waals surface area contributed by atoms with Gasteiger partial charge in [-0.2, -0.15) is 0 Å². The lowest BCUT2D eigenvalue weighted by Crippen LogP contribution is -2.33. The van der Waals surface area contributed by atoms with Crippen molar-refractivity contribution in [2.45, 2.75) is 25.9 Å². The summed E-state index contributed by atoms with van der Waals surface area (Å²) in [6.07, 6.45) is -0.304. The van der Waals surface area contributed by atoms with Gasteiger partial charge in [-0.1, -0.05) is 25.4 Å². The second kappa shape index (κ2) is 4.51. The van der Waals surface area contributed by atoms with Crippen molar-refractivity contribution in [3.8, 4) is 0 Å². The number of carboxylic acids is 1. The molecule has 0 bridgehead atoms. The Morgan fingerprint density at radius 2 is 2.20 bits per heavy atom. The van der Waals surface area contributed by atoms with Crippen LogP contribution in [0.5, 0.6) is 0 Å². The minimum Gasteiger partial charge on any atom is -0.481 e. The monoisotopic (exact) mass is 248 g/mol. The van der Waals surface area contributed by atoms with Crippen molar-refractivity contribution < 1.29 is 15.0 Å². The average Bonchev–Trinajstić information content (AvgIpc) is 2.50. The molecule has 0 amide bonds. The van der Waals surface area contributed by atoms with Gasteiger partial charge in [0.15, 0.2) is 0 Å². The highest BCUT2D eigenvalue weighted by molar-refractivity contribution is 7.16. The van der Waals surface area contributed by atoms with Crippen LogP contribution in [0, 0.1) is 5.92 Å². The van der Waals surface area contributed by atoms with Crippen LogP contribution >= 0.6 is 22.9 Å². The minimum atomic E-state index is -1.33. The molecule has 3 nitrogen and oxygen atoms in total. The summed E-state index contributed by atoms with van der Waals surface area (Å²) in [4.78, 5) is 11.3. The molecule has 0 aliphatic rings. The highest BCUT2D eigenvalue weighted by Gasteiger charge is 2.36. The van der Waals surface area contributed by atoms with Crippen LogP contribution in [0.4, 0.5) is 0 Å². The van der Waals surface area contributed by atoms with Crippen LogP contribution in [-0.4, -0.2) is 16.2 Å². The molecule has 0 saturated carbocycles. The van der Waals surface area contributed by atoms with Gasteiger partial charge < -0.3 is 10.2 Å². The van der Waals surface area contributed by atoms with Crippen LogP contribution in [0.25, 0.3) is 0 Å². The number of carbonyl (C=O) groups is 1. The first-order valence-electron chi connectivity index (χ1n) is 4.56. The quantitative estimate of drug-likeness (QED) is 0.861. The molecule has 0 fully saturated rings. The summed E-state index contributed by atoms with van der Waals surface area (Å²) in [7, 11) is 0. The topological polar surface area (TPSA) is 57.5 Å². The number of aliphatic carboxylic acids is 1. The molecule has 1 rings (SSSR count). The number of rotatable bonds is 4.